The number of halogens is 4. The summed E-state index contributed by atoms with van der Waals surface area (Å²) in [4.78, 5) is 16.8. The maximum Gasteiger partial charge on any atom is 0.573 e. The van der Waals surface area contributed by atoms with Crippen molar-refractivity contribution in [1.82, 2.24) is 4.98 Å². The van der Waals surface area contributed by atoms with Crippen molar-refractivity contribution in [3.8, 4) is 11.8 Å². The third kappa shape index (κ3) is 5.05. The second kappa shape index (κ2) is 8.39. The molecule has 2 aromatic rings. The number of nitrogens with zero attached hydrogens (tertiary/aromatic N) is 2. The molecule has 0 atom stereocenters. The molecule has 6 nitrogen and oxygen atoms in total. The molecular formula is C19H15BrF3N3O3. The number of pyridine rings is 1. The number of ether oxygens (including phenoxy) is 2. The first-order valence-corrected chi connectivity index (χ1v) is 9.34. The van der Waals surface area contributed by atoms with Crippen molar-refractivity contribution in [2.75, 3.05) is 18.5 Å². The molecule has 0 bridgehead atoms. The zero-order valence-corrected chi connectivity index (χ0v) is 16.5. The largest absolute Gasteiger partial charge is 0.573 e. The molecule has 0 spiro atoms. The molecule has 2 heterocycles. The maximum absolute atomic E-state index is 12.4. The molecule has 0 aliphatic carbocycles. The number of nitriles is 1. The zero-order chi connectivity index (χ0) is 21.1. The zero-order valence-electron chi connectivity index (χ0n) is 14.9. The van der Waals surface area contributed by atoms with Crippen LogP contribution in [-0.2, 0) is 10.2 Å². The summed E-state index contributed by atoms with van der Waals surface area (Å²) >= 11 is 3.39. The van der Waals surface area contributed by atoms with Gasteiger partial charge in [-0.05, 0) is 59.1 Å². The van der Waals surface area contributed by atoms with Crippen LogP contribution in [0.5, 0.6) is 5.75 Å². The van der Waals surface area contributed by atoms with Crippen LogP contribution in [0.3, 0.4) is 0 Å². The van der Waals surface area contributed by atoms with Crippen LogP contribution >= 0.6 is 15.9 Å². The molecule has 0 radical (unpaired) electrons. The maximum atomic E-state index is 12.4. The number of carbonyl (C=O) groups excluding carboxylic acids is 1. The quantitative estimate of drug-likeness (QED) is 0.708. The Morgan fingerprint density at radius 3 is 2.48 bits per heavy atom. The van der Waals surface area contributed by atoms with E-state index in [2.05, 4.69) is 37.0 Å². The van der Waals surface area contributed by atoms with Crippen molar-refractivity contribution in [2.45, 2.75) is 24.6 Å². The van der Waals surface area contributed by atoms with Gasteiger partial charge in [0, 0.05) is 29.6 Å². The average molecular weight is 470 g/mol. The van der Waals surface area contributed by atoms with E-state index in [9.17, 15) is 23.2 Å². The van der Waals surface area contributed by atoms with Gasteiger partial charge in [0.2, 0.25) is 0 Å². The first-order chi connectivity index (χ1) is 13.7. The molecule has 152 valence electrons. The molecule has 29 heavy (non-hydrogen) atoms. The van der Waals surface area contributed by atoms with Crippen molar-refractivity contribution in [1.29, 1.82) is 5.26 Å². The minimum Gasteiger partial charge on any atom is -0.406 e. The Balaban J connectivity index is 1.73. The number of anilines is 1. The van der Waals surface area contributed by atoms with E-state index in [-0.39, 0.29) is 11.3 Å². The lowest BCUT2D eigenvalue weighted by Gasteiger charge is -2.30. The predicted octanol–water partition coefficient (Wildman–Crippen LogP) is 4.57. The number of amides is 1. The molecule has 1 aliphatic rings. The van der Waals surface area contributed by atoms with Crippen LogP contribution in [0.25, 0.3) is 0 Å². The van der Waals surface area contributed by atoms with Crippen LogP contribution in [0, 0.1) is 11.3 Å². The van der Waals surface area contributed by atoms with E-state index in [1.54, 1.807) is 6.07 Å². The third-order valence-corrected chi connectivity index (χ3v) is 5.07. The highest BCUT2D eigenvalue weighted by Gasteiger charge is 2.38. The van der Waals surface area contributed by atoms with Crippen LogP contribution in [0.1, 0.15) is 28.9 Å². The summed E-state index contributed by atoms with van der Waals surface area (Å²) in [6.45, 7) is 0.913. The summed E-state index contributed by atoms with van der Waals surface area (Å²) < 4.78 is 46.2. The predicted molar refractivity (Wildman–Crippen MR) is 100 cm³/mol. The Morgan fingerprint density at radius 2 is 1.93 bits per heavy atom. The summed E-state index contributed by atoms with van der Waals surface area (Å²) in [5, 5.41) is 12.2. The smallest absolute Gasteiger partial charge is 0.406 e. The normalized spacial score (nSPS) is 16.0. The van der Waals surface area contributed by atoms with Gasteiger partial charge in [-0.2, -0.15) is 5.26 Å². The highest BCUT2D eigenvalue weighted by molar-refractivity contribution is 9.10. The Labute approximate surface area is 172 Å². The fourth-order valence-electron chi connectivity index (χ4n) is 2.98. The van der Waals surface area contributed by atoms with Gasteiger partial charge in [-0.25, -0.2) is 0 Å². The van der Waals surface area contributed by atoms with Crippen molar-refractivity contribution >= 4 is 27.5 Å². The van der Waals surface area contributed by atoms with Crippen LogP contribution in [0.4, 0.5) is 18.9 Å². The molecular weight excluding hydrogens is 455 g/mol. The van der Waals surface area contributed by atoms with Crippen molar-refractivity contribution < 1.29 is 27.4 Å². The van der Waals surface area contributed by atoms with Crippen molar-refractivity contribution in [3.63, 3.8) is 0 Å². The first kappa shape index (κ1) is 21.1. The Bertz CT molecular complexity index is 936. The second-order valence-corrected chi connectivity index (χ2v) is 7.24. The van der Waals surface area contributed by atoms with E-state index in [0.29, 0.717) is 41.9 Å². The molecule has 1 aromatic heterocycles. The SMILES string of the molecule is N#CC1(c2ncc(C(=O)Nc3ccc(OC(F)(F)F)cc3)cc2Br)CCOCC1. The fourth-order valence-corrected chi connectivity index (χ4v) is 3.71. The van der Waals surface area contributed by atoms with Crippen molar-refractivity contribution in [2.24, 2.45) is 0 Å². The van der Waals surface area contributed by atoms with E-state index in [1.807, 2.05) is 0 Å². The number of nitrogens with one attached hydrogen (secondary N) is 1. The number of alkyl halides is 3. The molecule has 0 unspecified atom stereocenters. The van der Waals surface area contributed by atoms with Crippen LogP contribution in [-0.4, -0.2) is 30.5 Å². The Morgan fingerprint density at radius 1 is 1.28 bits per heavy atom. The van der Waals surface area contributed by atoms with E-state index < -0.39 is 17.7 Å². The van der Waals surface area contributed by atoms with E-state index in [1.165, 1.54) is 18.3 Å². The lowest BCUT2D eigenvalue weighted by atomic mass is 9.78. The fraction of sp³-hybridized carbons (Fsp3) is 0.316. The Kier molecular flexibility index (Phi) is 6.10. The number of hydrogen-bond donors (Lipinski definition) is 1. The standard InChI is InChI=1S/C19H15BrF3N3O3/c20-15-9-12(10-25-16(15)18(11-24)5-7-28-8-6-18)17(27)26-13-1-3-14(4-2-13)29-19(21,22)23/h1-4,9-10H,5-8H2,(H,26,27). The number of aromatic nitrogens is 1. The minimum absolute atomic E-state index is 0.233. The van der Waals surface area contributed by atoms with Gasteiger partial charge in [0.25, 0.3) is 5.91 Å². The van der Waals surface area contributed by atoms with Crippen molar-refractivity contribution in [3.05, 3.63) is 52.3 Å². The minimum atomic E-state index is -4.78. The summed E-state index contributed by atoms with van der Waals surface area (Å²) in [5.41, 5.74) is 0.299. The molecule has 1 amide bonds. The molecule has 1 aromatic carbocycles. The number of rotatable bonds is 4. The molecule has 1 aliphatic heterocycles. The van der Waals surface area contributed by atoms with Gasteiger partial charge in [-0.15, -0.1) is 13.2 Å². The Hall–Kier alpha value is -2.64. The van der Waals surface area contributed by atoms with Crippen LogP contribution in [0.2, 0.25) is 0 Å². The monoisotopic (exact) mass is 469 g/mol. The van der Waals surface area contributed by atoms with Gasteiger partial charge in [0.05, 0.1) is 17.3 Å². The van der Waals surface area contributed by atoms with Gasteiger partial charge in [-0.3, -0.25) is 9.78 Å². The van der Waals surface area contributed by atoms with Gasteiger partial charge in [-0.1, -0.05) is 0 Å². The van der Waals surface area contributed by atoms with E-state index in [0.717, 1.165) is 12.1 Å². The highest BCUT2D eigenvalue weighted by atomic mass is 79.9. The third-order valence-electron chi connectivity index (χ3n) is 4.46. The molecule has 10 heteroatoms. The lowest BCUT2D eigenvalue weighted by molar-refractivity contribution is -0.274. The van der Waals surface area contributed by atoms with E-state index >= 15 is 0 Å². The van der Waals surface area contributed by atoms with Gasteiger partial charge in [0.15, 0.2) is 0 Å². The lowest BCUT2D eigenvalue weighted by Crippen LogP contribution is -2.33. The van der Waals surface area contributed by atoms with Crippen LogP contribution < -0.4 is 10.1 Å². The number of hydrogen-bond acceptors (Lipinski definition) is 5. The molecule has 1 fully saturated rings. The van der Waals surface area contributed by atoms with E-state index in [4.69, 9.17) is 4.74 Å². The number of carbonyl (C=O) groups is 1. The highest BCUT2D eigenvalue weighted by Crippen LogP contribution is 2.37. The summed E-state index contributed by atoms with van der Waals surface area (Å²) in [7, 11) is 0. The summed E-state index contributed by atoms with van der Waals surface area (Å²) in [6.07, 6.45) is -2.40. The first-order valence-electron chi connectivity index (χ1n) is 8.55. The summed E-state index contributed by atoms with van der Waals surface area (Å²) in [6, 6.07) is 8.67. The van der Waals surface area contributed by atoms with Gasteiger partial charge in [0.1, 0.15) is 11.2 Å². The van der Waals surface area contributed by atoms with Gasteiger partial charge >= 0.3 is 6.36 Å². The molecule has 1 saturated heterocycles. The molecule has 1 N–H and O–H groups in total. The molecule has 0 saturated carbocycles. The molecule has 3 rings (SSSR count). The summed E-state index contributed by atoms with van der Waals surface area (Å²) in [5.74, 6) is -0.880. The van der Waals surface area contributed by atoms with Crippen LogP contribution in [0.15, 0.2) is 41.0 Å². The number of benzene rings is 1. The van der Waals surface area contributed by atoms with Gasteiger partial charge < -0.3 is 14.8 Å². The average Bonchev–Trinajstić information content (AvgIpc) is 2.68. The topological polar surface area (TPSA) is 84.2 Å². The second-order valence-electron chi connectivity index (χ2n) is 6.39.